The molecule has 8 heteroatoms. The molecular weight excluding hydrogens is 212 g/mol. The monoisotopic (exact) mass is 224 g/mol. The van der Waals surface area contributed by atoms with E-state index >= 15 is 0 Å². The summed E-state index contributed by atoms with van der Waals surface area (Å²) >= 11 is 0. The van der Waals surface area contributed by atoms with Gasteiger partial charge in [-0.2, -0.15) is 15.0 Å². The second-order valence-corrected chi connectivity index (χ2v) is 3.25. The quantitative estimate of drug-likeness (QED) is 0.623. The van der Waals surface area contributed by atoms with Crippen molar-refractivity contribution in [3.63, 3.8) is 0 Å². The number of nitrogens with one attached hydrogen (secondary N) is 1. The zero-order valence-corrected chi connectivity index (χ0v) is 8.80. The maximum Gasteiger partial charge on any atom is 0.322 e. The Morgan fingerprint density at radius 2 is 2.25 bits per heavy atom. The first kappa shape index (κ1) is 10.4. The Balaban J connectivity index is 2.24. The van der Waals surface area contributed by atoms with Crippen LogP contribution in [0.1, 0.15) is 0 Å². The van der Waals surface area contributed by atoms with Crippen molar-refractivity contribution in [2.24, 2.45) is 0 Å². The van der Waals surface area contributed by atoms with Gasteiger partial charge >= 0.3 is 6.01 Å². The Morgan fingerprint density at radius 3 is 2.94 bits per heavy atom. The summed E-state index contributed by atoms with van der Waals surface area (Å²) in [5.74, 6) is 0.372. The van der Waals surface area contributed by atoms with Crippen LogP contribution in [-0.4, -0.2) is 47.6 Å². The summed E-state index contributed by atoms with van der Waals surface area (Å²) in [7, 11) is 1.45. The van der Waals surface area contributed by atoms with Crippen molar-refractivity contribution < 1.29 is 9.53 Å². The first-order chi connectivity index (χ1) is 7.69. The Kier molecular flexibility index (Phi) is 2.71. The number of hydrogen-bond donors (Lipinski definition) is 2. The van der Waals surface area contributed by atoms with Gasteiger partial charge in [-0.1, -0.05) is 0 Å². The van der Waals surface area contributed by atoms with Crippen LogP contribution in [0.15, 0.2) is 0 Å². The van der Waals surface area contributed by atoms with Gasteiger partial charge in [-0.3, -0.25) is 4.79 Å². The van der Waals surface area contributed by atoms with E-state index in [1.807, 2.05) is 0 Å². The van der Waals surface area contributed by atoms with Crippen molar-refractivity contribution in [1.82, 2.24) is 20.3 Å². The molecule has 16 heavy (non-hydrogen) atoms. The van der Waals surface area contributed by atoms with E-state index in [9.17, 15) is 4.79 Å². The highest BCUT2D eigenvalue weighted by Crippen LogP contribution is 2.13. The van der Waals surface area contributed by atoms with E-state index in [1.165, 1.54) is 7.11 Å². The van der Waals surface area contributed by atoms with Gasteiger partial charge in [0.15, 0.2) is 0 Å². The molecule has 1 saturated heterocycles. The molecule has 1 aliphatic heterocycles. The van der Waals surface area contributed by atoms with E-state index in [4.69, 9.17) is 10.5 Å². The lowest BCUT2D eigenvalue weighted by molar-refractivity contribution is -0.120. The Morgan fingerprint density at radius 1 is 1.44 bits per heavy atom. The van der Waals surface area contributed by atoms with Crippen LogP contribution in [0.5, 0.6) is 6.01 Å². The SMILES string of the molecule is COc1nc(N)nc(N2CCNC(=O)C2)n1. The fourth-order valence-electron chi connectivity index (χ4n) is 1.40. The minimum Gasteiger partial charge on any atom is -0.467 e. The van der Waals surface area contributed by atoms with E-state index in [0.717, 1.165) is 0 Å². The zero-order valence-electron chi connectivity index (χ0n) is 8.80. The molecule has 1 aromatic rings. The van der Waals surface area contributed by atoms with Crippen LogP contribution >= 0.6 is 0 Å². The molecule has 0 spiro atoms. The fraction of sp³-hybridized carbons (Fsp3) is 0.500. The molecule has 3 N–H and O–H groups in total. The second kappa shape index (κ2) is 4.17. The number of piperazine rings is 1. The predicted molar refractivity (Wildman–Crippen MR) is 56.0 cm³/mol. The van der Waals surface area contributed by atoms with Gasteiger partial charge in [0.1, 0.15) is 0 Å². The number of aromatic nitrogens is 3. The van der Waals surface area contributed by atoms with Crippen LogP contribution in [-0.2, 0) is 4.79 Å². The molecular formula is C8H12N6O2. The molecule has 0 unspecified atom stereocenters. The van der Waals surface area contributed by atoms with Crippen LogP contribution in [0.2, 0.25) is 0 Å². The van der Waals surface area contributed by atoms with E-state index in [2.05, 4.69) is 20.3 Å². The Bertz CT molecular complexity index is 410. The molecule has 1 amide bonds. The van der Waals surface area contributed by atoms with E-state index in [-0.39, 0.29) is 24.4 Å². The highest BCUT2D eigenvalue weighted by atomic mass is 16.5. The third-order valence-electron chi connectivity index (χ3n) is 2.12. The van der Waals surface area contributed by atoms with Crippen molar-refractivity contribution >= 4 is 17.8 Å². The lowest BCUT2D eigenvalue weighted by atomic mass is 10.4. The molecule has 0 aromatic carbocycles. The number of nitrogens with zero attached hydrogens (tertiary/aromatic N) is 4. The summed E-state index contributed by atoms with van der Waals surface area (Å²) in [6, 6.07) is 0.147. The normalized spacial score (nSPS) is 15.8. The number of carbonyl (C=O) groups excluding carboxylic acids is 1. The van der Waals surface area contributed by atoms with Crippen LogP contribution in [0, 0.1) is 0 Å². The molecule has 1 fully saturated rings. The van der Waals surface area contributed by atoms with Gasteiger partial charge < -0.3 is 20.7 Å². The third kappa shape index (κ3) is 2.10. The minimum absolute atomic E-state index is 0.0656. The molecule has 8 nitrogen and oxygen atoms in total. The van der Waals surface area contributed by atoms with Gasteiger partial charge in [0, 0.05) is 13.1 Å². The molecule has 1 aliphatic rings. The average molecular weight is 224 g/mol. The Labute approximate surface area is 91.8 Å². The van der Waals surface area contributed by atoms with E-state index < -0.39 is 0 Å². The number of methoxy groups -OCH3 is 1. The van der Waals surface area contributed by atoms with Gasteiger partial charge in [0.2, 0.25) is 17.8 Å². The maximum atomic E-state index is 11.2. The smallest absolute Gasteiger partial charge is 0.322 e. The highest BCUT2D eigenvalue weighted by Gasteiger charge is 2.19. The van der Waals surface area contributed by atoms with Gasteiger partial charge in [-0.05, 0) is 0 Å². The fourth-order valence-corrected chi connectivity index (χ4v) is 1.40. The van der Waals surface area contributed by atoms with Crippen molar-refractivity contribution in [2.45, 2.75) is 0 Å². The van der Waals surface area contributed by atoms with Crippen LogP contribution in [0.25, 0.3) is 0 Å². The summed E-state index contributed by atoms with van der Waals surface area (Å²) < 4.78 is 4.88. The number of nitrogen functional groups attached to an aromatic ring is 1. The van der Waals surface area contributed by atoms with Gasteiger partial charge in [-0.15, -0.1) is 0 Å². The molecule has 0 atom stereocenters. The molecule has 1 aromatic heterocycles. The molecule has 2 heterocycles. The van der Waals surface area contributed by atoms with Gasteiger partial charge in [0.05, 0.1) is 13.7 Å². The molecule has 0 aliphatic carbocycles. The topological polar surface area (TPSA) is 106 Å². The van der Waals surface area contributed by atoms with Crippen molar-refractivity contribution in [2.75, 3.05) is 37.4 Å². The summed E-state index contributed by atoms with van der Waals surface area (Å²) in [4.78, 5) is 24.7. The lowest BCUT2D eigenvalue weighted by Crippen LogP contribution is -2.48. The largest absolute Gasteiger partial charge is 0.467 e. The summed E-state index contributed by atoms with van der Waals surface area (Å²) in [5.41, 5.74) is 5.51. The standard InChI is InChI=1S/C8H12N6O2/c1-16-8-12-6(9)11-7(13-8)14-3-2-10-5(15)4-14/h2-4H2,1H3,(H,10,15)(H2,9,11,12,13). The van der Waals surface area contributed by atoms with Crippen LogP contribution in [0.3, 0.4) is 0 Å². The number of nitrogens with two attached hydrogens (primary N) is 1. The van der Waals surface area contributed by atoms with Crippen molar-refractivity contribution in [1.29, 1.82) is 0 Å². The molecule has 0 radical (unpaired) electrons. The number of rotatable bonds is 2. The zero-order chi connectivity index (χ0) is 11.5. The van der Waals surface area contributed by atoms with Gasteiger partial charge in [-0.25, -0.2) is 0 Å². The third-order valence-corrected chi connectivity index (χ3v) is 2.12. The molecule has 0 bridgehead atoms. The van der Waals surface area contributed by atoms with Crippen LogP contribution in [0.4, 0.5) is 11.9 Å². The summed E-state index contributed by atoms with van der Waals surface area (Å²) in [6.45, 7) is 1.41. The first-order valence-electron chi connectivity index (χ1n) is 4.76. The minimum atomic E-state index is -0.0656. The molecule has 0 saturated carbocycles. The first-order valence-corrected chi connectivity index (χ1v) is 4.76. The van der Waals surface area contributed by atoms with Gasteiger partial charge in [0.25, 0.3) is 0 Å². The maximum absolute atomic E-state index is 11.2. The predicted octanol–water partition coefficient (Wildman–Crippen LogP) is -1.60. The van der Waals surface area contributed by atoms with E-state index in [1.54, 1.807) is 4.90 Å². The molecule has 2 rings (SSSR count). The number of anilines is 2. The molecule has 86 valence electrons. The summed E-state index contributed by atoms with van der Waals surface area (Å²) in [6.07, 6.45) is 0. The second-order valence-electron chi connectivity index (χ2n) is 3.25. The number of hydrogen-bond acceptors (Lipinski definition) is 7. The van der Waals surface area contributed by atoms with Crippen LogP contribution < -0.4 is 20.7 Å². The average Bonchev–Trinajstić information content (AvgIpc) is 2.28. The Hall–Kier alpha value is -2.12. The lowest BCUT2D eigenvalue weighted by Gasteiger charge is -2.26. The number of carbonyl (C=O) groups is 1. The summed E-state index contributed by atoms with van der Waals surface area (Å²) in [5, 5.41) is 2.71. The highest BCUT2D eigenvalue weighted by molar-refractivity contribution is 5.81. The van der Waals surface area contributed by atoms with Crippen molar-refractivity contribution in [3.05, 3.63) is 0 Å². The van der Waals surface area contributed by atoms with Crippen molar-refractivity contribution in [3.8, 4) is 6.01 Å². The number of amides is 1. The number of ether oxygens (including phenoxy) is 1. The van der Waals surface area contributed by atoms with E-state index in [0.29, 0.717) is 19.0 Å².